The minimum atomic E-state index is -5.07. The maximum atomic E-state index is 13.0. The van der Waals surface area contributed by atoms with Crippen LogP contribution >= 0.6 is 0 Å². The van der Waals surface area contributed by atoms with Gasteiger partial charge in [-0.1, -0.05) is 30.3 Å². The highest BCUT2D eigenvalue weighted by molar-refractivity contribution is 7.86. The number of carbonyl (C=O) groups excluding carboxylic acids is 2. The Morgan fingerprint density at radius 3 is 1.93 bits per heavy atom. The van der Waals surface area contributed by atoms with Crippen LogP contribution in [0.4, 0.5) is 28.4 Å². The maximum absolute atomic E-state index is 13.0. The lowest BCUT2D eigenvalue weighted by Gasteiger charge is -2.24. The molecule has 0 heterocycles. The number of fused-ring (bicyclic) bond motifs is 1. The van der Waals surface area contributed by atoms with Crippen molar-refractivity contribution < 1.29 is 35.5 Å². The Labute approximate surface area is 260 Å². The highest BCUT2D eigenvalue weighted by atomic mass is 32.2. The Morgan fingerprint density at radius 2 is 1.36 bits per heavy atom. The number of nitrogens with zero attached hydrogens (tertiary/aromatic N) is 3. The number of amides is 2. The number of azo groups is 1. The average molecular weight is 654 g/mol. The molecule has 0 saturated carbocycles. The lowest BCUT2D eigenvalue weighted by atomic mass is 9.95. The molecule has 15 heteroatoms. The van der Waals surface area contributed by atoms with Crippen LogP contribution in [0.25, 0.3) is 21.9 Å². The molecular weight excluding hydrogens is 622 g/mol. The van der Waals surface area contributed by atoms with Crippen LogP contribution in [-0.2, 0) is 29.8 Å². The molecule has 4 N–H and O–H groups in total. The van der Waals surface area contributed by atoms with Gasteiger partial charge in [-0.15, -0.1) is 10.2 Å². The summed E-state index contributed by atoms with van der Waals surface area (Å²) in [6, 6.07) is 16.8. The fourth-order valence-electron chi connectivity index (χ4n) is 5.01. The first kappa shape index (κ1) is 33.2. The molecule has 4 aromatic rings. The molecule has 13 nitrogen and oxygen atoms in total. The van der Waals surface area contributed by atoms with E-state index in [0.717, 1.165) is 23.2 Å². The number of hydrogen-bond donors (Lipinski definition) is 4. The van der Waals surface area contributed by atoms with Gasteiger partial charge in [0.15, 0.2) is 0 Å². The fraction of sp³-hybridized carbons (Fsp3) is 0.200. The zero-order valence-corrected chi connectivity index (χ0v) is 26.4. The van der Waals surface area contributed by atoms with Gasteiger partial charge in [-0.2, -0.15) is 16.8 Å². The van der Waals surface area contributed by atoms with Crippen molar-refractivity contribution in [2.24, 2.45) is 10.2 Å². The lowest BCUT2D eigenvalue weighted by molar-refractivity contribution is -0.115. The number of benzene rings is 4. The van der Waals surface area contributed by atoms with E-state index in [0.29, 0.717) is 24.0 Å². The molecule has 0 spiro atoms. The van der Waals surface area contributed by atoms with Gasteiger partial charge in [0.25, 0.3) is 20.2 Å². The third-order valence-corrected chi connectivity index (χ3v) is 8.62. The van der Waals surface area contributed by atoms with E-state index < -0.39 is 41.8 Å². The topological polar surface area (TPSA) is 195 Å². The van der Waals surface area contributed by atoms with Gasteiger partial charge in [0.05, 0.1) is 5.69 Å². The van der Waals surface area contributed by atoms with Crippen molar-refractivity contribution in [3.05, 3.63) is 66.7 Å². The van der Waals surface area contributed by atoms with E-state index in [-0.39, 0.29) is 28.3 Å². The van der Waals surface area contributed by atoms with Crippen LogP contribution in [0.5, 0.6) is 0 Å². The molecule has 2 amide bonds. The number of carbonyl (C=O) groups is 2. The van der Waals surface area contributed by atoms with Gasteiger partial charge in [0.1, 0.15) is 21.2 Å². The Morgan fingerprint density at radius 1 is 0.756 bits per heavy atom. The Hall–Kier alpha value is -4.70. The quantitative estimate of drug-likeness (QED) is 0.114. The Kier molecular flexibility index (Phi) is 9.68. The SMILES string of the molecule is CCN(CC)c1ccc(-c2c(NC(C)=O)ccc(N=Nc3ccc(NC(C)=O)cc3S(=O)(=O)O)c2S(=O)(=O)O)c2ccccc12. The van der Waals surface area contributed by atoms with Crippen LogP contribution in [-0.4, -0.2) is 50.8 Å². The molecular formula is C30H31N5O8S2. The second-order valence-electron chi connectivity index (χ2n) is 9.88. The molecule has 45 heavy (non-hydrogen) atoms. The average Bonchev–Trinajstić information content (AvgIpc) is 2.96. The highest BCUT2D eigenvalue weighted by Crippen LogP contribution is 2.45. The van der Waals surface area contributed by atoms with E-state index in [2.05, 4.69) is 25.8 Å². The largest absolute Gasteiger partial charge is 0.372 e. The van der Waals surface area contributed by atoms with Gasteiger partial charge < -0.3 is 15.5 Å². The van der Waals surface area contributed by atoms with E-state index >= 15 is 0 Å². The van der Waals surface area contributed by atoms with Crippen molar-refractivity contribution in [3.63, 3.8) is 0 Å². The maximum Gasteiger partial charge on any atom is 0.297 e. The van der Waals surface area contributed by atoms with Gasteiger partial charge >= 0.3 is 0 Å². The number of nitrogens with one attached hydrogen (secondary N) is 2. The van der Waals surface area contributed by atoms with Crippen LogP contribution in [0, 0.1) is 0 Å². The molecule has 236 valence electrons. The molecule has 0 aliphatic carbocycles. The molecule has 0 fully saturated rings. The molecule has 0 aliphatic rings. The molecule has 0 atom stereocenters. The van der Waals surface area contributed by atoms with Gasteiger partial charge in [0, 0.05) is 49.3 Å². The summed E-state index contributed by atoms with van der Waals surface area (Å²) in [6.07, 6.45) is 0. The monoisotopic (exact) mass is 653 g/mol. The van der Waals surface area contributed by atoms with Crippen molar-refractivity contribution in [2.75, 3.05) is 28.6 Å². The van der Waals surface area contributed by atoms with Crippen LogP contribution in [0.3, 0.4) is 0 Å². The summed E-state index contributed by atoms with van der Waals surface area (Å²) >= 11 is 0. The molecule has 0 aromatic heterocycles. The third-order valence-electron chi connectivity index (χ3n) is 6.80. The molecule has 0 aliphatic heterocycles. The fourth-order valence-corrected chi connectivity index (χ4v) is 6.51. The second-order valence-corrected chi connectivity index (χ2v) is 12.6. The van der Waals surface area contributed by atoms with Gasteiger partial charge in [-0.3, -0.25) is 18.7 Å². The zero-order chi connectivity index (χ0) is 33.1. The van der Waals surface area contributed by atoms with Gasteiger partial charge in [-0.25, -0.2) is 0 Å². The number of hydrogen-bond acceptors (Lipinski definition) is 9. The van der Waals surface area contributed by atoms with Gasteiger partial charge in [-0.05, 0) is 61.2 Å². The first-order chi connectivity index (χ1) is 21.1. The second kappa shape index (κ2) is 13.1. The summed E-state index contributed by atoms with van der Waals surface area (Å²) in [5.41, 5.74) is 0.531. The zero-order valence-electron chi connectivity index (χ0n) is 24.8. The standard InChI is InChI=1S/C30H31N5O8S2/c1-5-35(6-2)27-16-12-23(21-9-7-8-10-22(21)27)29-25(32-19(4)37)14-15-26(30(29)45(41,42)43)34-33-24-13-11-20(31-18(3)36)17-28(24)44(38,39)40/h7-17H,5-6H2,1-4H3,(H,31,36)(H,32,37)(H,38,39,40)(H,41,42,43). The molecule has 0 unspecified atom stereocenters. The minimum Gasteiger partial charge on any atom is -0.372 e. The van der Waals surface area contributed by atoms with Crippen LogP contribution in [0.2, 0.25) is 0 Å². The van der Waals surface area contributed by atoms with Crippen molar-refractivity contribution in [1.29, 1.82) is 0 Å². The molecule has 4 aromatic carbocycles. The van der Waals surface area contributed by atoms with E-state index in [1.165, 1.54) is 32.0 Å². The number of anilines is 3. The van der Waals surface area contributed by atoms with Crippen molar-refractivity contribution >= 4 is 71.3 Å². The summed E-state index contributed by atoms with van der Waals surface area (Å²) < 4.78 is 70.6. The minimum absolute atomic E-state index is 0.0506. The smallest absolute Gasteiger partial charge is 0.297 e. The molecule has 0 saturated heterocycles. The van der Waals surface area contributed by atoms with E-state index in [1.807, 2.05) is 32.0 Å². The highest BCUT2D eigenvalue weighted by Gasteiger charge is 2.27. The summed E-state index contributed by atoms with van der Waals surface area (Å²) in [4.78, 5) is 24.3. The summed E-state index contributed by atoms with van der Waals surface area (Å²) in [6.45, 7) is 7.88. The van der Waals surface area contributed by atoms with Crippen LogP contribution < -0.4 is 15.5 Å². The summed E-state index contributed by atoms with van der Waals surface area (Å²) in [7, 11) is -9.94. The molecule has 0 bridgehead atoms. The molecule has 0 radical (unpaired) electrons. The summed E-state index contributed by atoms with van der Waals surface area (Å²) in [5.74, 6) is -0.999. The lowest BCUT2D eigenvalue weighted by Crippen LogP contribution is -2.22. The van der Waals surface area contributed by atoms with E-state index in [4.69, 9.17) is 0 Å². The van der Waals surface area contributed by atoms with Crippen molar-refractivity contribution in [3.8, 4) is 11.1 Å². The normalized spacial score (nSPS) is 12.0. The first-order valence-corrected chi connectivity index (χ1v) is 16.5. The first-order valence-electron chi connectivity index (χ1n) is 13.7. The Bertz CT molecular complexity index is 2060. The number of rotatable bonds is 10. The van der Waals surface area contributed by atoms with Gasteiger partial charge in [0.2, 0.25) is 11.8 Å². The third kappa shape index (κ3) is 7.34. The predicted molar refractivity (Wildman–Crippen MR) is 172 cm³/mol. The van der Waals surface area contributed by atoms with Crippen LogP contribution in [0.15, 0.2) is 86.7 Å². The van der Waals surface area contributed by atoms with E-state index in [9.17, 15) is 35.5 Å². The van der Waals surface area contributed by atoms with Crippen molar-refractivity contribution in [1.82, 2.24) is 0 Å². The van der Waals surface area contributed by atoms with Crippen LogP contribution in [0.1, 0.15) is 27.7 Å². The molecule has 4 rings (SSSR count). The predicted octanol–water partition coefficient (Wildman–Crippen LogP) is 6.18. The summed E-state index contributed by atoms with van der Waals surface area (Å²) in [5, 5.41) is 14.3. The Balaban J connectivity index is 2.04. The van der Waals surface area contributed by atoms with Crippen molar-refractivity contribution in [2.45, 2.75) is 37.5 Å². The van der Waals surface area contributed by atoms with E-state index in [1.54, 1.807) is 18.2 Å².